The lowest BCUT2D eigenvalue weighted by atomic mass is 10.0. The molecule has 1 saturated carbocycles. The Morgan fingerprint density at radius 2 is 1.91 bits per heavy atom. The van der Waals surface area contributed by atoms with Gasteiger partial charge in [-0.2, -0.15) is 13.2 Å². The maximum atomic E-state index is 12.6. The molecule has 1 aliphatic carbocycles. The summed E-state index contributed by atoms with van der Waals surface area (Å²) in [6, 6.07) is 1.03. The van der Waals surface area contributed by atoms with Gasteiger partial charge in [-0.25, -0.2) is 4.98 Å². The van der Waals surface area contributed by atoms with Crippen molar-refractivity contribution >= 4 is 23.3 Å². The van der Waals surface area contributed by atoms with Gasteiger partial charge in [0, 0.05) is 31.2 Å². The third-order valence-electron chi connectivity index (χ3n) is 4.24. The van der Waals surface area contributed by atoms with Crippen LogP contribution in [0.1, 0.15) is 31.2 Å². The van der Waals surface area contributed by atoms with Crippen molar-refractivity contribution in [2.45, 2.75) is 37.9 Å². The van der Waals surface area contributed by atoms with E-state index in [1.165, 1.54) is 0 Å². The SMILES string of the molecule is O=C(NC1CCN(c2ncc(C(F)(F)F)cc2Cl)CC1)C1CC1. The van der Waals surface area contributed by atoms with Gasteiger partial charge in [0.1, 0.15) is 5.82 Å². The molecule has 2 heterocycles. The molecule has 1 N–H and O–H groups in total. The van der Waals surface area contributed by atoms with Crippen molar-refractivity contribution in [2.24, 2.45) is 5.92 Å². The molecule has 1 aromatic heterocycles. The first-order valence-electron chi connectivity index (χ1n) is 7.62. The van der Waals surface area contributed by atoms with Crippen LogP contribution in [0.5, 0.6) is 0 Å². The first-order chi connectivity index (χ1) is 10.8. The quantitative estimate of drug-likeness (QED) is 0.913. The van der Waals surface area contributed by atoms with E-state index in [1.807, 2.05) is 4.90 Å². The summed E-state index contributed by atoms with van der Waals surface area (Å²) in [6.07, 6.45) is -0.238. The lowest BCUT2D eigenvalue weighted by Crippen LogP contribution is -2.45. The summed E-state index contributed by atoms with van der Waals surface area (Å²) in [5.41, 5.74) is -0.849. The molecule has 0 unspecified atom stereocenters. The van der Waals surface area contributed by atoms with Gasteiger partial charge in [0.15, 0.2) is 0 Å². The number of pyridine rings is 1. The van der Waals surface area contributed by atoms with Crippen molar-refractivity contribution in [3.8, 4) is 0 Å². The Labute approximate surface area is 137 Å². The maximum absolute atomic E-state index is 12.6. The molecule has 2 aliphatic rings. The van der Waals surface area contributed by atoms with Crippen molar-refractivity contribution in [3.05, 3.63) is 22.8 Å². The predicted molar refractivity (Wildman–Crippen MR) is 80.4 cm³/mol. The monoisotopic (exact) mass is 347 g/mol. The molecule has 1 saturated heterocycles. The second kappa shape index (κ2) is 6.19. The van der Waals surface area contributed by atoms with Crippen molar-refractivity contribution < 1.29 is 18.0 Å². The highest BCUT2D eigenvalue weighted by atomic mass is 35.5. The zero-order valence-corrected chi connectivity index (χ0v) is 13.1. The number of rotatable bonds is 3. The lowest BCUT2D eigenvalue weighted by molar-refractivity contribution is -0.137. The van der Waals surface area contributed by atoms with E-state index in [9.17, 15) is 18.0 Å². The van der Waals surface area contributed by atoms with Crippen LogP contribution in [0.3, 0.4) is 0 Å². The van der Waals surface area contributed by atoms with Gasteiger partial charge in [-0.1, -0.05) is 11.6 Å². The summed E-state index contributed by atoms with van der Waals surface area (Å²) >= 11 is 5.97. The number of nitrogens with zero attached hydrogens (tertiary/aromatic N) is 2. The lowest BCUT2D eigenvalue weighted by Gasteiger charge is -2.33. The van der Waals surface area contributed by atoms with Crippen LogP contribution in [-0.4, -0.2) is 30.0 Å². The van der Waals surface area contributed by atoms with Gasteiger partial charge in [-0.15, -0.1) is 0 Å². The normalized spacial score (nSPS) is 19.7. The van der Waals surface area contributed by atoms with Crippen molar-refractivity contribution in [3.63, 3.8) is 0 Å². The number of halogens is 4. The molecule has 1 amide bonds. The van der Waals surface area contributed by atoms with Crippen LogP contribution >= 0.6 is 11.6 Å². The van der Waals surface area contributed by atoms with Crippen LogP contribution in [-0.2, 0) is 11.0 Å². The second-order valence-corrected chi connectivity index (χ2v) is 6.48. The zero-order chi connectivity index (χ0) is 16.6. The molecule has 0 radical (unpaired) electrons. The second-order valence-electron chi connectivity index (χ2n) is 6.07. The van der Waals surface area contributed by atoms with E-state index in [2.05, 4.69) is 10.3 Å². The Balaban J connectivity index is 1.60. The molecule has 126 valence electrons. The number of amides is 1. The molecule has 0 aromatic carbocycles. The molecule has 2 fully saturated rings. The standard InChI is InChI=1S/C15H17ClF3N3O/c16-12-7-10(15(17,18)19)8-20-13(12)22-5-3-11(4-6-22)21-14(23)9-1-2-9/h7-9,11H,1-6H2,(H,21,23). The van der Waals surface area contributed by atoms with Gasteiger partial charge in [0.2, 0.25) is 5.91 Å². The van der Waals surface area contributed by atoms with E-state index in [0.717, 1.165) is 37.9 Å². The number of nitrogens with one attached hydrogen (secondary N) is 1. The van der Waals surface area contributed by atoms with E-state index < -0.39 is 11.7 Å². The highest BCUT2D eigenvalue weighted by Gasteiger charge is 2.33. The molecule has 23 heavy (non-hydrogen) atoms. The molecular weight excluding hydrogens is 331 g/mol. The molecule has 1 aromatic rings. The van der Waals surface area contributed by atoms with E-state index in [-0.39, 0.29) is 22.9 Å². The summed E-state index contributed by atoms with van der Waals surface area (Å²) in [5, 5.41) is 3.03. The van der Waals surface area contributed by atoms with Crippen LogP contribution in [0.15, 0.2) is 12.3 Å². The number of carbonyl (C=O) groups excluding carboxylic acids is 1. The fourth-order valence-electron chi connectivity index (χ4n) is 2.72. The van der Waals surface area contributed by atoms with E-state index in [0.29, 0.717) is 18.9 Å². The largest absolute Gasteiger partial charge is 0.417 e. The van der Waals surface area contributed by atoms with Gasteiger partial charge < -0.3 is 10.2 Å². The Bertz CT molecular complexity index is 596. The van der Waals surface area contributed by atoms with Crippen LogP contribution in [0.4, 0.5) is 19.0 Å². The number of carbonyl (C=O) groups is 1. The highest BCUT2D eigenvalue weighted by Crippen LogP contribution is 2.34. The smallest absolute Gasteiger partial charge is 0.355 e. The van der Waals surface area contributed by atoms with Gasteiger partial charge in [-0.3, -0.25) is 4.79 Å². The van der Waals surface area contributed by atoms with Gasteiger partial charge in [0.05, 0.1) is 10.6 Å². The van der Waals surface area contributed by atoms with E-state index in [1.54, 1.807) is 0 Å². The predicted octanol–water partition coefficient (Wildman–Crippen LogP) is 3.25. The number of aromatic nitrogens is 1. The van der Waals surface area contributed by atoms with Crippen LogP contribution in [0.2, 0.25) is 5.02 Å². The Kier molecular flexibility index (Phi) is 4.40. The van der Waals surface area contributed by atoms with Gasteiger partial charge in [0.25, 0.3) is 0 Å². The third kappa shape index (κ3) is 3.88. The van der Waals surface area contributed by atoms with Crippen LogP contribution in [0.25, 0.3) is 0 Å². The summed E-state index contributed by atoms with van der Waals surface area (Å²) < 4.78 is 37.9. The zero-order valence-electron chi connectivity index (χ0n) is 12.4. The topological polar surface area (TPSA) is 45.2 Å². The van der Waals surface area contributed by atoms with Crippen LogP contribution < -0.4 is 10.2 Å². The number of piperidine rings is 1. The minimum Gasteiger partial charge on any atom is -0.355 e. The summed E-state index contributed by atoms with van der Waals surface area (Å²) in [7, 11) is 0. The molecule has 0 bridgehead atoms. The summed E-state index contributed by atoms with van der Waals surface area (Å²) in [6.45, 7) is 1.21. The van der Waals surface area contributed by atoms with Gasteiger partial charge in [-0.05, 0) is 31.7 Å². The summed E-state index contributed by atoms with van der Waals surface area (Å²) in [4.78, 5) is 17.5. The van der Waals surface area contributed by atoms with Crippen molar-refractivity contribution in [1.29, 1.82) is 0 Å². The first-order valence-corrected chi connectivity index (χ1v) is 8.00. The minimum absolute atomic E-state index is 0.000269. The summed E-state index contributed by atoms with van der Waals surface area (Å²) in [5.74, 6) is 0.667. The average molecular weight is 348 g/mol. The van der Waals surface area contributed by atoms with Gasteiger partial charge >= 0.3 is 6.18 Å². The number of hydrogen-bond donors (Lipinski definition) is 1. The fourth-order valence-corrected chi connectivity index (χ4v) is 3.00. The Morgan fingerprint density at radius 1 is 1.26 bits per heavy atom. The number of alkyl halides is 3. The highest BCUT2D eigenvalue weighted by molar-refractivity contribution is 6.33. The Morgan fingerprint density at radius 3 is 2.43 bits per heavy atom. The van der Waals surface area contributed by atoms with E-state index >= 15 is 0 Å². The molecule has 4 nitrogen and oxygen atoms in total. The minimum atomic E-state index is -4.45. The van der Waals surface area contributed by atoms with Crippen molar-refractivity contribution in [2.75, 3.05) is 18.0 Å². The molecule has 1 aliphatic heterocycles. The molecule has 8 heteroatoms. The molecule has 3 rings (SSSR count). The van der Waals surface area contributed by atoms with Crippen LogP contribution in [0, 0.1) is 5.92 Å². The maximum Gasteiger partial charge on any atom is 0.417 e. The number of anilines is 1. The van der Waals surface area contributed by atoms with E-state index in [4.69, 9.17) is 11.6 Å². The molecule has 0 atom stereocenters. The first kappa shape index (κ1) is 16.4. The third-order valence-corrected chi connectivity index (χ3v) is 4.52. The number of hydrogen-bond acceptors (Lipinski definition) is 3. The van der Waals surface area contributed by atoms with Crippen molar-refractivity contribution in [1.82, 2.24) is 10.3 Å². The Hall–Kier alpha value is -1.50. The fraction of sp³-hybridized carbons (Fsp3) is 0.600. The average Bonchev–Trinajstić information content (AvgIpc) is 3.32. The molecule has 0 spiro atoms. The molecular formula is C15H17ClF3N3O.